The minimum Gasteiger partial charge on any atom is -0.392 e. The normalized spacial score (nSPS) is 24.8. The zero-order valence-electron chi connectivity index (χ0n) is 13.8. The quantitative estimate of drug-likeness (QED) is 0.799. The van der Waals surface area contributed by atoms with Crippen molar-refractivity contribution in [3.05, 3.63) is 23.4 Å². The lowest BCUT2D eigenvalue weighted by Crippen LogP contribution is -2.52. The number of aromatic nitrogens is 2. The Morgan fingerprint density at radius 1 is 1.40 bits per heavy atom. The number of hydrogen-bond acceptors (Lipinski definition) is 8. The molecule has 2 aliphatic heterocycles. The second-order valence-corrected chi connectivity index (χ2v) is 7.39. The van der Waals surface area contributed by atoms with Crippen LogP contribution in [0, 0.1) is 0 Å². The summed E-state index contributed by atoms with van der Waals surface area (Å²) in [6, 6.07) is 3.69. The average molecular weight is 363 g/mol. The largest absolute Gasteiger partial charge is 0.392 e. The van der Waals surface area contributed by atoms with Gasteiger partial charge in [-0.05, 0) is 17.9 Å². The first-order valence-electron chi connectivity index (χ1n) is 8.48. The van der Waals surface area contributed by atoms with E-state index in [-0.39, 0.29) is 11.9 Å². The maximum atomic E-state index is 12.4. The Hall–Kier alpha value is -1.81. The Morgan fingerprint density at radius 3 is 2.92 bits per heavy atom. The number of piperazine rings is 1. The lowest BCUT2D eigenvalue weighted by atomic mass is 10.1. The lowest BCUT2D eigenvalue weighted by molar-refractivity contribution is -0.135. The van der Waals surface area contributed by atoms with Crippen molar-refractivity contribution in [3.8, 4) is 10.7 Å². The number of carbonyl (C=O) groups excluding carboxylic acids is 1. The molecule has 0 bridgehead atoms. The number of hydrogen-bond donors (Lipinski definition) is 2. The van der Waals surface area contributed by atoms with Crippen molar-refractivity contribution < 1.29 is 14.4 Å². The minimum atomic E-state index is -0.412. The summed E-state index contributed by atoms with van der Waals surface area (Å²) in [6.07, 6.45) is 0.0947. The predicted octanol–water partition coefficient (Wildman–Crippen LogP) is 0.165. The van der Waals surface area contributed by atoms with Crippen molar-refractivity contribution in [1.82, 2.24) is 25.3 Å². The van der Waals surface area contributed by atoms with E-state index in [9.17, 15) is 9.90 Å². The summed E-state index contributed by atoms with van der Waals surface area (Å²) in [4.78, 5) is 22.0. The fraction of sp³-hybridized carbons (Fsp3) is 0.562. The highest BCUT2D eigenvalue weighted by Crippen LogP contribution is 2.21. The monoisotopic (exact) mass is 363 g/mol. The van der Waals surface area contributed by atoms with Gasteiger partial charge >= 0.3 is 0 Å². The van der Waals surface area contributed by atoms with E-state index in [1.54, 1.807) is 11.3 Å². The van der Waals surface area contributed by atoms with Crippen molar-refractivity contribution in [2.45, 2.75) is 25.1 Å². The number of amides is 1. The van der Waals surface area contributed by atoms with E-state index in [1.807, 2.05) is 22.4 Å². The Kier molecular flexibility index (Phi) is 4.80. The molecule has 0 aromatic carbocycles. The highest BCUT2D eigenvalue weighted by Gasteiger charge is 2.32. The third-order valence-electron chi connectivity index (χ3n) is 4.66. The molecule has 2 N–H and O–H groups in total. The van der Waals surface area contributed by atoms with Gasteiger partial charge in [-0.25, -0.2) is 0 Å². The summed E-state index contributed by atoms with van der Waals surface area (Å²) < 4.78 is 5.34. The van der Waals surface area contributed by atoms with E-state index >= 15 is 0 Å². The average Bonchev–Trinajstić information content (AvgIpc) is 3.36. The topological polar surface area (TPSA) is 94.7 Å². The van der Waals surface area contributed by atoms with Gasteiger partial charge in [0.05, 0.1) is 23.6 Å². The number of nitrogens with zero attached hydrogens (tertiary/aromatic N) is 4. The molecule has 4 rings (SSSR count). The molecule has 4 heterocycles. The number of aliphatic hydroxyl groups is 1. The van der Waals surface area contributed by atoms with Gasteiger partial charge in [0.1, 0.15) is 0 Å². The minimum absolute atomic E-state index is 0.0916. The van der Waals surface area contributed by atoms with Crippen LogP contribution >= 0.6 is 11.3 Å². The molecule has 0 spiro atoms. The lowest BCUT2D eigenvalue weighted by Gasteiger charge is -2.35. The first-order chi connectivity index (χ1) is 12.2. The van der Waals surface area contributed by atoms with Gasteiger partial charge in [-0.3, -0.25) is 9.69 Å². The van der Waals surface area contributed by atoms with Gasteiger partial charge in [0.25, 0.3) is 0 Å². The summed E-state index contributed by atoms with van der Waals surface area (Å²) in [6.45, 7) is 4.01. The Balaban J connectivity index is 1.28. The molecule has 2 aliphatic rings. The molecule has 0 aliphatic carbocycles. The summed E-state index contributed by atoms with van der Waals surface area (Å²) in [5.41, 5.74) is 0. The van der Waals surface area contributed by atoms with Crippen LogP contribution in [0.4, 0.5) is 0 Å². The summed E-state index contributed by atoms with van der Waals surface area (Å²) in [5, 5.41) is 18.7. The van der Waals surface area contributed by atoms with Crippen molar-refractivity contribution in [3.63, 3.8) is 0 Å². The molecule has 9 heteroatoms. The second kappa shape index (κ2) is 7.20. The van der Waals surface area contributed by atoms with Crippen molar-refractivity contribution in [1.29, 1.82) is 0 Å². The first-order valence-corrected chi connectivity index (χ1v) is 9.36. The van der Waals surface area contributed by atoms with Crippen LogP contribution in [-0.2, 0) is 11.3 Å². The number of aliphatic hydroxyl groups excluding tert-OH is 1. The molecule has 2 atom stereocenters. The number of thiophene rings is 1. The molecule has 2 aromatic heterocycles. The molecular weight excluding hydrogens is 342 g/mol. The van der Waals surface area contributed by atoms with Crippen LogP contribution in [0.1, 0.15) is 12.3 Å². The van der Waals surface area contributed by atoms with Gasteiger partial charge in [0.15, 0.2) is 0 Å². The van der Waals surface area contributed by atoms with Crippen molar-refractivity contribution >= 4 is 17.2 Å². The first kappa shape index (κ1) is 16.6. The van der Waals surface area contributed by atoms with Gasteiger partial charge in [-0.1, -0.05) is 11.2 Å². The van der Waals surface area contributed by atoms with Crippen LogP contribution in [0.15, 0.2) is 22.0 Å². The SMILES string of the molecule is O=C(C1CC(O)CN1)N1CCN(Cc2nc(-c3cccs3)no2)CC1. The van der Waals surface area contributed by atoms with Crippen LogP contribution < -0.4 is 5.32 Å². The van der Waals surface area contributed by atoms with E-state index in [0.29, 0.717) is 44.3 Å². The van der Waals surface area contributed by atoms with Crippen LogP contribution in [-0.4, -0.2) is 75.8 Å². The smallest absolute Gasteiger partial charge is 0.241 e. The summed E-state index contributed by atoms with van der Waals surface area (Å²) >= 11 is 1.58. The van der Waals surface area contributed by atoms with Crippen LogP contribution in [0.2, 0.25) is 0 Å². The zero-order chi connectivity index (χ0) is 17.2. The molecule has 0 saturated carbocycles. The summed E-state index contributed by atoms with van der Waals surface area (Å²) in [5.74, 6) is 1.32. The second-order valence-electron chi connectivity index (χ2n) is 6.44. The van der Waals surface area contributed by atoms with Gasteiger partial charge in [0, 0.05) is 32.7 Å². The van der Waals surface area contributed by atoms with Crippen LogP contribution in [0.5, 0.6) is 0 Å². The molecule has 2 unspecified atom stereocenters. The van der Waals surface area contributed by atoms with Crippen LogP contribution in [0.3, 0.4) is 0 Å². The number of β-amino-alcohol motifs (C(OH)–C–C–N with tert-alkyl or cyclic N) is 1. The molecule has 2 aromatic rings. The molecule has 8 nitrogen and oxygen atoms in total. The fourth-order valence-corrected chi connectivity index (χ4v) is 3.92. The molecule has 0 radical (unpaired) electrons. The Labute approximate surface area is 149 Å². The molecule has 1 amide bonds. The highest BCUT2D eigenvalue weighted by molar-refractivity contribution is 7.13. The zero-order valence-corrected chi connectivity index (χ0v) is 14.6. The van der Waals surface area contributed by atoms with E-state index in [0.717, 1.165) is 18.0 Å². The third kappa shape index (κ3) is 3.74. The van der Waals surface area contributed by atoms with Crippen LogP contribution in [0.25, 0.3) is 10.7 Å². The molecule has 25 heavy (non-hydrogen) atoms. The third-order valence-corrected chi connectivity index (χ3v) is 5.52. The van der Waals surface area contributed by atoms with Crippen molar-refractivity contribution in [2.75, 3.05) is 32.7 Å². The van der Waals surface area contributed by atoms with E-state index < -0.39 is 6.10 Å². The molecule has 2 saturated heterocycles. The number of rotatable bonds is 4. The molecule has 134 valence electrons. The number of nitrogens with one attached hydrogen (secondary N) is 1. The van der Waals surface area contributed by atoms with Gasteiger partial charge in [0.2, 0.25) is 17.6 Å². The molecular formula is C16H21N5O3S. The Morgan fingerprint density at radius 2 is 2.24 bits per heavy atom. The van der Waals surface area contributed by atoms with Gasteiger partial charge in [-0.15, -0.1) is 11.3 Å². The maximum Gasteiger partial charge on any atom is 0.241 e. The van der Waals surface area contributed by atoms with Gasteiger partial charge in [-0.2, -0.15) is 4.98 Å². The van der Waals surface area contributed by atoms with E-state index in [4.69, 9.17) is 4.52 Å². The van der Waals surface area contributed by atoms with Crippen molar-refractivity contribution in [2.24, 2.45) is 0 Å². The van der Waals surface area contributed by atoms with E-state index in [1.165, 1.54) is 0 Å². The standard InChI is InChI=1S/C16H21N5O3S/c22-11-8-12(17-9-11)16(23)21-5-3-20(4-6-21)10-14-18-15(19-24-14)13-2-1-7-25-13/h1-2,7,11-12,17,22H,3-6,8-10H2. The van der Waals surface area contributed by atoms with E-state index in [2.05, 4.69) is 20.4 Å². The highest BCUT2D eigenvalue weighted by atomic mass is 32.1. The number of carbonyl (C=O) groups is 1. The Bertz CT molecular complexity index is 711. The fourth-order valence-electron chi connectivity index (χ4n) is 3.27. The predicted molar refractivity (Wildman–Crippen MR) is 91.9 cm³/mol. The molecule has 2 fully saturated rings. The van der Waals surface area contributed by atoms with Gasteiger partial charge < -0.3 is 19.8 Å². The summed E-state index contributed by atoms with van der Waals surface area (Å²) in [7, 11) is 0. The maximum absolute atomic E-state index is 12.4.